The molecular formula is C12H25O5. The fourth-order valence-corrected chi connectivity index (χ4v) is 1.02. The van der Waals surface area contributed by atoms with Gasteiger partial charge in [0.1, 0.15) is 0 Å². The summed E-state index contributed by atoms with van der Waals surface area (Å²) < 4.78 is 26.0. The molecule has 0 unspecified atom stereocenters. The van der Waals surface area contributed by atoms with Crippen LogP contribution in [0.15, 0.2) is 0 Å². The van der Waals surface area contributed by atoms with Crippen LogP contribution in [0.3, 0.4) is 0 Å². The summed E-state index contributed by atoms with van der Waals surface area (Å²) in [5, 5.41) is 0. The molecule has 1 radical (unpaired) electrons. The van der Waals surface area contributed by atoms with Crippen molar-refractivity contribution in [3.63, 3.8) is 0 Å². The van der Waals surface area contributed by atoms with Crippen LogP contribution in [0.2, 0.25) is 0 Å². The molecule has 103 valence electrons. The van der Waals surface area contributed by atoms with Gasteiger partial charge in [-0.3, -0.25) is 0 Å². The standard InChI is InChI=1S/C12H25O5/c1-3-13-5-7-15-9-11-17-12-10-16-8-6-14-4-2/h1,3-12H2,2H3. The summed E-state index contributed by atoms with van der Waals surface area (Å²) in [4.78, 5) is 0. The molecule has 0 aliphatic rings. The zero-order valence-corrected chi connectivity index (χ0v) is 10.8. The van der Waals surface area contributed by atoms with E-state index in [0.29, 0.717) is 59.5 Å². The summed E-state index contributed by atoms with van der Waals surface area (Å²) in [5.74, 6) is 0. The minimum absolute atomic E-state index is 0.485. The third-order valence-corrected chi connectivity index (χ3v) is 1.84. The van der Waals surface area contributed by atoms with Crippen molar-refractivity contribution >= 4 is 0 Å². The van der Waals surface area contributed by atoms with Crippen molar-refractivity contribution in [2.45, 2.75) is 6.92 Å². The lowest BCUT2D eigenvalue weighted by Crippen LogP contribution is -2.13. The van der Waals surface area contributed by atoms with Gasteiger partial charge < -0.3 is 23.7 Å². The van der Waals surface area contributed by atoms with Gasteiger partial charge in [0.05, 0.1) is 52.9 Å². The van der Waals surface area contributed by atoms with Crippen LogP contribution in [-0.2, 0) is 23.7 Å². The Labute approximate surface area is 104 Å². The lowest BCUT2D eigenvalue weighted by Gasteiger charge is -2.06. The van der Waals surface area contributed by atoms with Gasteiger partial charge in [0.2, 0.25) is 0 Å². The third kappa shape index (κ3) is 15.8. The van der Waals surface area contributed by atoms with Crippen molar-refractivity contribution in [1.82, 2.24) is 0 Å². The number of rotatable bonds is 14. The first-order valence-corrected chi connectivity index (χ1v) is 6.09. The van der Waals surface area contributed by atoms with E-state index in [1.165, 1.54) is 0 Å². The second-order valence-electron chi connectivity index (χ2n) is 3.15. The maximum absolute atomic E-state index is 5.30. The van der Waals surface area contributed by atoms with Crippen molar-refractivity contribution in [3.05, 3.63) is 6.92 Å². The van der Waals surface area contributed by atoms with Crippen LogP contribution in [0.1, 0.15) is 6.92 Å². The average molecular weight is 249 g/mol. The monoisotopic (exact) mass is 249 g/mol. The van der Waals surface area contributed by atoms with Crippen molar-refractivity contribution in [1.29, 1.82) is 0 Å². The Morgan fingerprint density at radius 2 is 0.941 bits per heavy atom. The van der Waals surface area contributed by atoms with Gasteiger partial charge in [0, 0.05) is 13.2 Å². The summed E-state index contributed by atoms with van der Waals surface area (Å²) in [6.07, 6.45) is 0. The third-order valence-electron chi connectivity index (χ3n) is 1.84. The summed E-state index contributed by atoms with van der Waals surface area (Å²) in [5.41, 5.74) is 0. The minimum atomic E-state index is 0.485. The van der Waals surface area contributed by atoms with Crippen LogP contribution >= 0.6 is 0 Å². The zero-order valence-electron chi connectivity index (χ0n) is 10.8. The van der Waals surface area contributed by atoms with E-state index in [9.17, 15) is 0 Å². The Bertz CT molecular complexity index is 118. The summed E-state index contributed by atoms with van der Waals surface area (Å²) in [6, 6.07) is 0. The van der Waals surface area contributed by atoms with Gasteiger partial charge in [-0.1, -0.05) is 0 Å². The van der Waals surface area contributed by atoms with Crippen molar-refractivity contribution in [2.24, 2.45) is 0 Å². The topological polar surface area (TPSA) is 46.2 Å². The molecule has 0 aromatic carbocycles. The maximum Gasteiger partial charge on any atom is 0.0701 e. The second kappa shape index (κ2) is 15.8. The van der Waals surface area contributed by atoms with Gasteiger partial charge in [-0.15, -0.1) is 0 Å². The van der Waals surface area contributed by atoms with E-state index in [1.54, 1.807) is 0 Å². The molecule has 0 bridgehead atoms. The summed E-state index contributed by atoms with van der Waals surface area (Å²) >= 11 is 0. The van der Waals surface area contributed by atoms with E-state index in [-0.39, 0.29) is 0 Å². The second-order valence-corrected chi connectivity index (χ2v) is 3.15. The molecule has 5 nitrogen and oxygen atoms in total. The molecular weight excluding hydrogens is 224 g/mol. The normalized spacial score (nSPS) is 10.9. The fourth-order valence-electron chi connectivity index (χ4n) is 1.02. The molecule has 0 amide bonds. The first kappa shape index (κ1) is 16.8. The molecule has 0 N–H and O–H groups in total. The van der Waals surface area contributed by atoms with Gasteiger partial charge >= 0.3 is 0 Å². The molecule has 0 aromatic rings. The predicted octanol–water partition coefficient (Wildman–Crippen LogP) is 0.923. The van der Waals surface area contributed by atoms with Crippen molar-refractivity contribution in [2.75, 3.05) is 66.1 Å². The average Bonchev–Trinajstić information content (AvgIpc) is 2.35. The van der Waals surface area contributed by atoms with E-state index in [0.717, 1.165) is 6.61 Å². The van der Waals surface area contributed by atoms with E-state index in [2.05, 4.69) is 6.92 Å². The molecule has 0 rings (SSSR count). The Hall–Kier alpha value is -0.200. The highest BCUT2D eigenvalue weighted by Crippen LogP contribution is 1.83. The van der Waals surface area contributed by atoms with Crippen LogP contribution in [0, 0.1) is 6.92 Å². The van der Waals surface area contributed by atoms with E-state index >= 15 is 0 Å². The largest absolute Gasteiger partial charge is 0.379 e. The van der Waals surface area contributed by atoms with E-state index in [1.807, 2.05) is 6.92 Å². The smallest absolute Gasteiger partial charge is 0.0701 e. The van der Waals surface area contributed by atoms with Gasteiger partial charge in [0.15, 0.2) is 0 Å². The van der Waals surface area contributed by atoms with Gasteiger partial charge in [-0.2, -0.15) is 0 Å². The van der Waals surface area contributed by atoms with Crippen LogP contribution < -0.4 is 0 Å². The molecule has 0 atom stereocenters. The zero-order chi connectivity index (χ0) is 12.6. The van der Waals surface area contributed by atoms with Gasteiger partial charge in [0.25, 0.3) is 0 Å². The SMILES string of the molecule is [CH2]COCCOCCOCCOCCOCC. The lowest BCUT2D eigenvalue weighted by molar-refractivity contribution is -0.00856. The molecule has 0 saturated carbocycles. The Kier molecular flexibility index (Phi) is 15.6. The molecule has 0 fully saturated rings. The highest BCUT2D eigenvalue weighted by Gasteiger charge is 1.92. The number of hydrogen-bond acceptors (Lipinski definition) is 5. The van der Waals surface area contributed by atoms with E-state index in [4.69, 9.17) is 23.7 Å². The molecule has 0 aromatic heterocycles. The molecule has 5 heteroatoms. The first-order chi connectivity index (χ1) is 8.41. The Morgan fingerprint density at radius 3 is 1.29 bits per heavy atom. The first-order valence-electron chi connectivity index (χ1n) is 6.09. The number of ether oxygens (including phenoxy) is 5. The van der Waals surface area contributed by atoms with Gasteiger partial charge in [-0.05, 0) is 13.8 Å². The quantitative estimate of drug-likeness (QED) is 0.428. The highest BCUT2D eigenvalue weighted by atomic mass is 16.6. The molecule has 0 saturated heterocycles. The molecule has 0 aliphatic carbocycles. The predicted molar refractivity (Wildman–Crippen MR) is 65.1 cm³/mol. The van der Waals surface area contributed by atoms with Gasteiger partial charge in [-0.25, -0.2) is 0 Å². The Morgan fingerprint density at radius 1 is 0.588 bits per heavy atom. The van der Waals surface area contributed by atoms with Crippen LogP contribution in [0.4, 0.5) is 0 Å². The highest BCUT2D eigenvalue weighted by molar-refractivity contribution is 4.36. The van der Waals surface area contributed by atoms with Crippen molar-refractivity contribution in [3.8, 4) is 0 Å². The minimum Gasteiger partial charge on any atom is -0.379 e. The lowest BCUT2D eigenvalue weighted by atomic mass is 10.7. The maximum atomic E-state index is 5.30. The summed E-state index contributed by atoms with van der Waals surface area (Å²) in [7, 11) is 0. The van der Waals surface area contributed by atoms with Crippen LogP contribution in [-0.4, -0.2) is 66.1 Å². The molecule has 0 spiro atoms. The fraction of sp³-hybridized carbons (Fsp3) is 0.917. The Balaban J connectivity index is 2.85. The van der Waals surface area contributed by atoms with Crippen molar-refractivity contribution < 1.29 is 23.7 Å². The molecule has 17 heavy (non-hydrogen) atoms. The van der Waals surface area contributed by atoms with E-state index < -0.39 is 0 Å². The number of hydrogen-bond donors (Lipinski definition) is 0. The van der Waals surface area contributed by atoms with Crippen LogP contribution in [0.25, 0.3) is 0 Å². The molecule has 0 aliphatic heterocycles. The van der Waals surface area contributed by atoms with Crippen LogP contribution in [0.5, 0.6) is 0 Å². The molecule has 0 heterocycles. The summed E-state index contributed by atoms with van der Waals surface area (Å²) in [6.45, 7) is 11.5.